The van der Waals surface area contributed by atoms with Crippen LogP contribution in [0.25, 0.3) is 0 Å². The largest absolute Gasteiger partial charge is 0.396 e. The maximum atomic E-state index is 11.6. The van der Waals surface area contributed by atoms with Crippen LogP contribution < -0.4 is 0 Å². The summed E-state index contributed by atoms with van der Waals surface area (Å²) in [6, 6.07) is 0.144. The topological polar surface area (TPSA) is 57.6 Å². The van der Waals surface area contributed by atoms with E-state index in [2.05, 4.69) is 11.8 Å². The van der Waals surface area contributed by atoms with Gasteiger partial charge in [-0.3, -0.25) is 0 Å². The molecule has 1 heterocycles. The van der Waals surface area contributed by atoms with E-state index in [1.165, 1.54) is 12.8 Å². The van der Waals surface area contributed by atoms with E-state index in [1.807, 2.05) is 7.05 Å². The third kappa shape index (κ3) is 3.70. The van der Waals surface area contributed by atoms with Gasteiger partial charge in [0.1, 0.15) is 0 Å². The van der Waals surface area contributed by atoms with Crippen LogP contribution in [0.4, 0.5) is 0 Å². The molecule has 2 fully saturated rings. The molecule has 3 atom stereocenters. The number of nitrogens with zero attached hydrogens (tertiary/aromatic N) is 1. The molecule has 1 N–H and O–H groups in total. The van der Waals surface area contributed by atoms with Crippen molar-refractivity contribution in [2.24, 2.45) is 11.3 Å². The summed E-state index contributed by atoms with van der Waals surface area (Å²) in [5, 5.41) is 9.81. The maximum absolute atomic E-state index is 11.6. The van der Waals surface area contributed by atoms with Gasteiger partial charge >= 0.3 is 0 Å². The molecule has 1 saturated heterocycles. The quantitative estimate of drug-likeness (QED) is 0.847. The highest BCUT2D eigenvalue weighted by molar-refractivity contribution is 7.91. The van der Waals surface area contributed by atoms with E-state index >= 15 is 0 Å². The van der Waals surface area contributed by atoms with Crippen molar-refractivity contribution < 1.29 is 13.5 Å². The van der Waals surface area contributed by atoms with Crippen molar-refractivity contribution >= 4 is 9.84 Å². The third-order valence-electron chi connectivity index (χ3n) is 4.94. The Bertz CT molecular complexity index is 409. The minimum atomic E-state index is -2.82. The van der Waals surface area contributed by atoms with Gasteiger partial charge < -0.3 is 10.0 Å². The van der Waals surface area contributed by atoms with Gasteiger partial charge in [0.05, 0.1) is 11.5 Å². The normalized spacial score (nSPS) is 38.7. The Balaban J connectivity index is 1.98. The highest BCUT2D eigenvalue weighted by Crippen LogP contribution is 2.40. The standard InChI is InChI=1S/C14H27NO3S/c1-12-4-3-6-14(8-12,11-16)10-15(2)13-5-7-19(17,18)9-13/h12-13,16H,3-11H2,1-2H3. The Morgan fingerprint density at radius 2 is 2.11 bits per heavy atom. The van der Waals surface area contributed by atoms with Gasteiger partial charge in [0.2, 0.25) is 0 Å². The lowest BCUT2D eigenvalue weighted by Gasteiger charge is -2.42. The van der Waals surface area contributed by atoms with Crippen molar-refractivity contribution in [1.29, 1.82) is 0 Å². The van der Waals surface area contributed by atoms with Crippen molar-refractivity contribution in [2.45, 2.75) is 45.1 Å². The second kappa shape index (κ2) is 5.70. The summed E-state index contributed by atoms with van der Waals surface area (Å²) in [5.41, 5.74) is -0.0151. The van der Waals surface area contributed by atoms with Crippen molar-refractivity contribution in [3.63, 3.8) is 0 Å². The molecular formula is C14H27NO3S. The summed E-state index contributed by atoms with van der Waals surface area (Å²) in [6.07, 6.45) is 5.31. The Morgan fingerprint density at radius 3 is 2.63 bits per heavy atom. The second-order valence-electron chi connectivity index (χ2n) is 6.83. The molecule has 5 heteroatoms. The SMILES string of the molecule is CC1CCCC(CO)(CN(C)C2CCS(=O)(=O)C2)C1. The fraction of sp³-hybridized carbons (Fsp3) is 1.00. The molecule has 1 aliphatic heterocycles. The first kappa shape index (κ1) is 15.3. The van der Waals surface area contributed by atoms with Crippen LogP contribution in [-0.4, -0.2) is 56.2 Å². The average molecular weight is 289 g/mol. The molecule has 1 saturated carbocycles. The van der Waals surface area contributed by atoms with Gasteiger partial charge in [-0.1, -0.05) is 19.8 Å². The maximum Gasteiger partial charge on any atom is 0.151 e. The predicted octanol–water partition coefficient (Wildman–Crippen LogP) is 1.29. The fourth-order valence-corrected chi connectivity index (χ4v) is 5.69. The van der Waals surface area contributed by atoms with Crippen LogP contribution in [0.5, 0.6) is 0 Å². The van der Waals surface area contributed by atoms with E-state index in [0.29, 0.717) is 17.4 Å². The zero-order valence-electron chi connectivity index (χ0n) is 12.1. The van der Waals surface area contributed by atoms with Crippen LogP contribution in [0.15, 0.2) is 0 Å². The molecule has 0 amide bonds. The summed E-state index contributed by atoms with van der Waals surface area (Å²) in [5.74, 6) is 1.28. The zero-order chi connectivity index (χ0) is 14.1. The minimum absolute atomic E-state index is 0.0151. The van der Waals surface area contributed by atoms with Crippen molar-refractivity contribution in [2.75, 3.05) is 31.7 Å². The first-order valence-corrected chi connectivity index (χ1v) is 9.19. The van der Waals surface area contributed by atoms with Crippen LogP contribution in [0.2, 0.25) is 0 Å². The molecule has 0 aromatic heterocycles. The van der Waals surface area contributed by atoms with Crippen molar-refractivity contribution in [3.8, 4) is 0 Å². The highest BCUT2D eigenvalue weighted by atomic mass is 32.2. The van der Waals surface area contributed by atoms with Crippen LogP contribution in [0, 0.1) is 11.3 Å². The smallest absolute Gasteiger partial charge is 0.151 e. The summed E-state index contributed by atoms with van der Waals surface area (Å²) in [7, 11) is -0.807. The molecule has 0 spiro atoms. The van der Waals surface area contributed by atoms with Gasteiger partial charge in [0.15, 0.2) is 9.84 Å². The van der Waals surface area contributed by atoms with Gasteiger partial charge in [0, 0.05) is 24.6 Å². The van der Waals surface area contributed by atoms with Gasteiger partial charge in [0.25, 0.3) is 0 Å². The number of aliphatic hydroxyl groups is 1. The lowest BCUT2D eigenvalue weighted by atomic mass is 9.70. The summed E-state index contributed by atoms with van der Waals surface area (Å²) < 4.78 is 23.1. The van der Waals surface area contributed by atoms with E-state index in [4.69, 9.17) is 0 Å². The summed E-state index contributed by atoms with van der Waals surface area (Å²) in [4.78, 5) is 2.18. The predicted molar refractivity (Wildman–Crippen MR) is 76.8 cm³/mol. The molecule has 4 nitrogen and oxygen atoms in total. The molecule has 2 rings (SSSR count). The van der Waals surface area contributed by atoms with E-state index < -0.39 is 9.84 Å². The number of rotatable bonds is 4. The van der Waals surface area contributed by atoms with Crippen LogP contribution >= 0.6 is 0 Å². The van der Waals surface area contributed by atoms with E-state index in [-0.39, 0.29) is 18.1 Å². The molecule has 0 radical (unpaired) electrons. The molecule has 112 valence electrons. The number of hydrogen-bond donors (Lipinski definition) is 1. The molecule has 0 aromatic carbocycles. The minimum Gasteiger partial charge on any atom is -0.396 e. The Kier molecular flexibility index (Phi) is 4.58. The van der Waals surface area contributed by atoms with E-state index in [1.54, 1.807) is 0 Å². The molecule has 1 aliphatic carbocycles. The summed E-state index contributed by atoms with van der Waals surface area (Å²) in [6.45, 7) is 3.30. The summed E-state index contributed by atoms with van der Waals surface area (Å²) >= 11 is 0. The van der Waals surface area contributed by atoms with E-state index in [0.717, 1.165) is 25.8 Å². The zero-order valence-corrected chi connectivity index (χ0v) is 13.0. The number of aliphatic hydroxyl groups excluding tert-OH is 1. The second-order valence-corrected chi connectivity index (χ2v) is 9.06. The molecule has 0 bridgehead atoms. The van der Waals surface area contributed by atoms with E-state index in [9.17, 15) is 13.5 Å². The molecule has 2 aliphatic rings. The van der Waals surface area contributed by atoms with Gasteiger partial charge in [-0.25, -0.2) is 8.42 Å². The van der Waals surface area contributed by atoms with Crippen molar-refractivity contribution in [1.82, 2.24) is 4.90 Å². The van der Waals surface area contributed by atoms with Crippen LogP contribution in [0.1, 0.15) is 39.0 Å². The van der Waals surface area contributed by atoms with Gasteiger partial charge in [-0.2, -0.15) is 0 Å². The van der Waals surface area contributed by atoms with Crippen LogP contribution in [0.3, 0.4) is 0 Å². The average Bonchev–Trinajstić information content (AvgIpc) is 2.70. The molecule has 19 heavy (non-hydrogen) atoms. The van der Waals surface area contributed by atoms with Gasteiger partial charge in [-0.05, 0) is 32.2 Å². The van der Waals surface area contributed by atoms with Gasteiger partial charge in [-0.15, -0.1) is 0 Å². The molecule has 0 aromatic rings. The fourth-order valence-electron chi connectivity index (χ4n) is 3.89. The number of sulfone groups is 1. The molecular weight excluding hydrogens is 262 g/mol. The Labute approximate surface area is 117 Å². The Morgan fingerprint density at radius 1 is 1.37 bits per heavy atom. The first-order chi connectivity index (χ1) is 8.86. The van der Waals surface area contributed by atoms with Crippen molar-refractivity contribution in [3.05, 3.63) is 0 Å². The Hall–Kier alpha value is -0.130. The third-order valence-corrected chi connectivity index (χ3v) is 6.69. The molecule has 3 unspecified atom stereocenters. The lowest BCUT2D eigenvalue weighted by Crippen LogP contribution is -2.45. The number of hydrogen-bond acceptors (Lipinski definition) is 4. The monoisotopic (exact) mass is 289 g/mol. The highest BCUT2D eigenvalue weighted by Gasteiger charge is 2.38. The van der Waals surface area contributed by atoms with Crippen LogP contribution in [-0.2, 0) is 9.84 Å². The lowest BCUT2D eigenvalue weighted by molar-refractivity contribution is 0.0224. The first-order valence-electron chi connectivity index (χ1n) is 7.37.